The molecule has 1 aromatic heterocycles. The average Bonchev–Trinajstić information content (AvgIpc) is 2.63. The molecule has 0 saturated heterocycles. The van der Waals surface area contributed by atoms with E-state index in [4.69, 9.17) is 9.84 Å². The summed E-state index contributed by atoms with van der Waals surface area (Å²) >= 11 is 0. The Bertz CT molecular complexity index is 441. The number of aliphatic hydroxyl groups excluding tert-OH is 1. The molecule has 0 radical (unpaired) electrons. The van der Waals surface area contributed by atoms with Crippen LogP contribution in [0.5, 0.6) is 0 Å². The van der Waals surface area contributed by atoms with E-state index < -0.39 is 23.6 Å². The van der Waals surface area contributed by atoms with Gasteiger partial charge in [0, 0.05) is 7.05 Å². The number of nitrogens with one attached hydrogen (secondary N) is 1. The Morgan fingerprint density at radius 2 is 2.35 bits per heavy atom. The van der Waals surface area contributed by atoms with E-state index in [1.54, 1.807) is 0 Å². The first-order valence-electron chi connectivity index (χ1n) is 4.65. The Labute approximate surface area is 96.2 Å². The predicted molar refractivity (Wildman–Crippen MR) is 55.0 cm³/mol. The maximum absolute atomic E-state index is 10.9. The van der Waals surface area contributed by atoms with E-state index >= 15 is 0 Å². The second-order valence-electron chi connectivity index (χ2n) is 3.11. The highest BCUT2D eigenvalue weighted by molar-refractivity contribution is 5.66. The zero-order chi connectivity index (χ0) is 13.0. The lowest BCUT2D eigenvalue weighted by Gasteiger charge is -2.03. The van der Waals surface area contributed by atoms with Crippen molar-refractivity contribution >= 4 is 12.0 Å². The number of carbonyl (C=O) groups excluding carboxylic acids is 1. The van der Waals surface area contributed by atoms with Crippen LogP contribution in [0.2, 0.25) is 0 Å². The maximum atomic E-state index is 10.9. The van der Waals surface area contributed by atoms with E-state index in [1.165, 1.54) is 14.1 Å². The summed E-state index contributed by atoms with van der Waals surface area (Å²) in [6.45, 7) is -0.666. The van der Waals surface area contributed by atoms with Crippen molar-refractivity contribution < 1.29 is 19.6 Å². The van der Waals surface area contributed by atoms with Gasteiger partial charge in [0.2, 0.25) is 0 Å². The number of ether oxygens (including phenoxy) is 1. The van der Waals surface area contributed by atoms with Crippen LogP contribution in [0, 0.1) is 10.1 Å². The zero-order valence-electron chi connectivity index (χ0n) is 9.34. The van der Waals surface area contributed by atoms with Gasteiger partial charge in [0.25, 0.3) is 0 Å². The lowest BCUT2D eigenvalue weighted by atomic mass is 10.3. The number of carbonyl (C=O) groups is 1. The Balaban J connectivity index is 2.97. The van der Waals surface area contributed by atoms with Crippen molar-refractivity contribution in [2.45, 2.75) is 13.2 Å². The molecule has 0 aliphatic carbocycles. The fourth-order valence-corrected chi connectivity index (χ4v) is 1.25. The van der Waals surface area contributed by atoms with Gasteiger partial charge in [0.05, 0.1) is 7.05 Å². The molecule has 1 rings (SSSR count). The van der Waals surface area contributed by atoms with E-state index in [9.17, 15) is 14.9 Å². The number of alkyl carbamates (subject to hydrolysis) is 1. The largest absolute Gasteiger partial charge is 0.441 e. The SMILES string of the molecule is CNC(=O)OCc1c(CO)nc([N+](=O)[O-])n1C. The fourth-order valence-electron chi connectivity index (χ4n) is 1.25. The van der Waals surface area contributed by atoms with E-state index in [0.717, 1.165) is 4.57 Å². The number of imidazole rings is 1. The lowest BCUT2D eigenvalue weighted by Crippen LogP contribution is -2.20. The Morgan fingerprint density at radius 3 is 2.82 bits per heavy atom. The number of amides is 1. The van der Waals surface area contributed by atoms with E-state index in [2.05, 4.69) is 10.3 Å². The Kier molecular flexibility index (Phi) is 3.99. The van der Waals surface area contributed by atoms with Crippen molar-refractivity contribution in [3.05, 3.63) is 21.5 Å². The normalized spacial score (nSPS) is 10.1. The van der Waals surface area contributed by atoms with Gasteiger partial charge in [0.15, 0.2) is 18.0 Å². The van der Waals surface area contributed by atoms with Crippen molar-refractivity contribution in [3.63, 3.8) is 0 Å². The molecule has 2 N–H and O–H groups in total. The molecular weight excluding hydrogens is 232 g/mol. The second kappa shape index (κ2) is 5.25. The van der Waals surface area contributed by atoms with E-state index in [1.807, 2.05) is 0 Å². The number of aliphatic hydroxyl groups is 1. The van der Waals surface area contributed by atoms with Gasteiger partial charge in [-0.3, -0.25) is 0 Å². The van der Waals surface area contributed by atoms with Crippen molar-refractivity contribution in [2.75, 3.05) is 7.05 Å². The number of nitro groups is 1. The van der Waals surface area contributed by atoms with Crippen LogP contribution in [0.3, 0.4) is 0 Å². The molecule has 0 saturated carbocycles. The summed E-state index contributed by atoms with van der Waals surface area (Å²) in [6.07, 6.45) is -0.669. The lowest BCUT2D eigenvalue weighted by molar-refractivity contribution is -0.396. The minimum absolute atomic E-state index is 0.114. The minimum atomic E-state index is -0.678. The van der Waals surface area contributed by atoms with Crippen molar-refractivity contribution in [1.29, 1.82) is 0 Å². The third kappa shape index (κ3) is 2.69. The molecule has 17 heavy (non-hydrogen) atoms. The molecule has 9 nitrogen and oxygen atoms in total. The van der Waals surface area contributed by atoms with Gasteiger partial charge in [-0.05, 0) is 4.92 Å². The van der Waals surface area contributed by atoms with Gasteiger partial charge in [-0.2, -0.15) is 0 Å². The van der Waals surface area contributed by atoms with Gasteiger partial charge >= 0.3 is 12.0 Å². The van der Waals surface area contributed by atoms with Crippen LogP contribution >= 0.6 is 0 Å². The van der Waals surface area contributed by atoms with E-state index in [-0.39, 0.29) is 18.0 Å². The average molecular weight is 244 g/mol. The second-order valence-corrected chi connectivity index (χ2v) is 3.11. The van der Waals surface area contributed by atoms with Crippen LogP contribution in [-0.2, 0) is 25.0 Å². The Hall–Kier alpha value is -2.16. The first-order chi connectivity index (χ1) is 8.01. The molecule has 0 spiro atoms. The number of hydrogen-bond acceptors (Lipinski definition) is 6. The van der Waals surface area contributed by atoms with Crippen molar-refractivity contribution in [3.8, 4) is 0 Å². The minimum Gasteiger partial charge on any atom is -0.441 e. The summed E-state index contributed by atoms with van der Waals surface area (Å²) in [7, 11) is 2.80. The molecule has 0 aromatic carbocycles. The third-order valence-electron chi connectivity index (χ3n) is 2.13. The van der Waals surface area contributed by atoms with Crippen LogP contribution < -0.4 is 5.32 Å². The number of hydrogen-bond donors (Lipinski definition) is 2. The standard InChI is InChI=1S/C8H12N4O5/c1-9-8(14)17-4-6-5(3-13)10-7(11(6)2)12(15)16/h13H,3-4H2,1-2H3,(H,9,14). The Morgan fingerprint density at radius 1 is 1.71 bits per heavy atom. The fraction of sp³-hybridized carbons (Fsp3) is 0.500. The van der Waals surface area contributed by atoms with E-state index in [0.29, 0.717) is 0 Å². The topological polar surface area (TPSA) is 120 Å². The van der Waals surface area contributed by atoms with Gasteiger partial charge in [-0.15, -0.1) is 0 Å². The third-order valence-corrected chi connectivity index (χ3v) is 2.13. The molecule has 1 amide bonds. The van der Waals surface area contributed by atoms with Gasteiger partial charge in [0.1, 0.15) is 6.61 Å². The summed E-state index contributed by atoms with van der Waals surface area (Å²) in [5.41, 5.74) is 0.394. The van der Waals surface area contributed by atoms with Crippen LogP contribution in [0.25, 0.3) is 0 Å². The molecule has 0 aliphatic heterocycles. The molecule has 94 valence electrons. The molecule has 0 unspecified atom stereocenters. The summed E-state index contributed by atoms with van der Waals surface area (Å²) in [5.74, 6) is -0.412. The van der Waals surface area contributed by atoms with Crippen molar-refractivity contribution in [1.82, 2.24) is 14.9 Å². The quantitative estimate of drug-likeness (QED) is 0.553. The molecule has 1 aromatic rings. The van der Waals surface area contributed by atoms with Crippen LogP contribution in [0.1, 0.15) is 11.4 Å². The first-order valence-corrected chi connectivity index (χ1v) is 4.65. The first kappa shape index (κ1) is 12.9. The van der Waals surface area contributed by atoms with Crippen LogP contribution in [0.4, 0.5) is 10.7 Å². The molecule has 1 heterocycles. The predicted octanol–water partition coefficient (Wildman–Crippen LogP) is -0.323. The van der Waals surface area contributed by atoms with Gasteiger partial charge < -0.3 is 25.3 Å². The number of aromatic nitrogens is 2. The summed E-state index contributed by atoms with van der Waals surface area (Å²) in [4.78, 5) is 24.5. The van der Waals surface area contributed by atoms with Crippen LogP contribution in [0.15, 0.2) is 0 Å². The zero-order valence-corrected chi connectivity index (χ0v) is 9.34. The highest BCUT2D eigenvalue weighted by Gasteiger charge is 2.25. The number of nitrogens with zero attached hydrogens (tertiary/aromatic N) is 3. The molecule has 9 heteroatoms. The summed E-state index contributed by atoms with van der Waals surface area (Å²) in [5, 5.41) is 21.9. The number of rotatable bonds is 4. The van der Waals surface area contributed by atoms with Gasteiger partial charge in [-0.25, -0.2) is 9.36 Å². The molecule has 0 aliphatic rings. The highest BCUT2D eigenvalue weighted by Crippen LogP contribution is 2.17. The summed E-state index contributed by atoms with van der Waals surface area (Å²) in [6, 6.07) is 0. The smallest absolute Gasteiger partial charge is 0.435 e. The molecule has 0 bridgehead atoms. The van der Waals surface area contributed by atoms with Gasteiger partial charge in [-0.1, -0.05) is 4.98 Å². The highest BCUT2D eigenvalue weighted by atomic mass is 16.6. The summed E-state index contributed by atoms with van der Waals surface area (Å²) < 4.78 is 5.91. The molecule has 0 atom stereocenters. The maximum Gasteiger partial charge on any atom is 0.435 e. The molecular formula is C8H12N4O5. The van der Waals surface area contributed by atoms with Crippen LogP contribution in [-0.4, -0.2) is 32.7 Å². The van der Waals surface area contributed by atoms with Crippen molar-refractivity contribution in [2.24, 2.45) is 7.05 Å². The molecule has 0 fully saturated rings. The monoisotopic (exact) mass is 244 g/mol.